The molecule has 1 aliphatic heterocycles. The number of fused-ring (bicyclic) bond motifs is 1. The topological polar surface area (TPSA) is 62.3 Å². The monoisotopic (exact) mass is 543 g/mol. The number of ether oxygens (including phenoxy) is 2. The normalized spacial score (nSPS) is 14.6. The Balaban J connectivity index is 1.12. The minimum absolute atomic E-state index is 0.0606. The molecule has 4 aromatic rings. The zero-order chi connectivity index (χ0) is 27.0. The van der Waals surface area contributed by atoms with Crippen LogP contribution in [-0.4, -0.2) is 73.0 Å². The smallest absolute Gasteiger partial charge is 0.415 e. The molecule has 0 spiro atoms. The average molecular weight is 544 g/mol. The van der Waals surface area contributed by atoms with E-state index in [0.29, 0.717) is 51.4 Å². The quantitative estimate of drug-likeness (QED) is 0.272. The number of likely N-dealkylation sites (N-methyl/N-ethyl adjacent to an activating group) is 1. The second kappa shape index (κ2) is 12.8. The van der Waals surface area contributed by atoms with E-state index in [1.165, 1.54) is 0 Å². The van der Waals surface area contributed by atoms with Gasteiger partial charge in [0.1, 0.15) is 17.6 Å². The largest absolute Gasteiger partial charge is 0.484 e. The summed E-state index contributed by atoms with van der Waals surface area (Å²) < 4.78 is 12.0. The van der Waals surface area contributed by atoms with E-state index in [4.69, 9.17) is 9.47 Å². The Morgan fingerprint density at radius 2 is 1.64 bits per heavy atom. The zero-order valence-electron chi connectivity index (χ0n) is 22.1. The highest BCUT2D eigenvalue weighted by atomic mass is 32.1. The Bertz CT molecular complexity index is 1370. The van der Waals surface area contributed by atoms with Crippen molar-refractivity contribution in [2.75, 3.05) is 46.3 Å². The van der Waals surface area contributed by atoms with Crippen LogP contribution in [0, 0.1) is 0 Å². The number of hydrogen-bond acceptors (Lipinski definition) is 6. The van der Waals surface area contributed by atoms with Crippen LogP contribution >= 0.6 is 11.3 Å². The summed E-state index contributed by atoms with van der Waals surface area (Å²) in [4.78, 5) is 32.2. The summed E-state index contributed by atoms with van der Waals surface area (Å²) in [5.74, 6) is 1.45. The molecule has 0 bridgehead atoms. The molecule has 5 rings (SSSR count). The number of nitrogens with zero attached hydrogens (tertiary/aromatic N) is 3. The van der Waals surface area contributed by atoms with Crippen LogP contribution in [-0.2, 0) is 4.79 Å². The fraction of sp³-hybridized carbons (Fsp3) is 0.290. The molecule has 0 aliphatic carbocycles. The molecule has 1 saturated heterocycles. The van der Waals surface area contributed by atoms with Gasteiger partial charge in [-0.05, 0) is 35.0 Å². The van der Waals surface area contributed by atoms with Gasteiger partial charge in [0.2, 0.25) is 5.91 Å². The van der Waals surface area contributed by atoms with E-state index in [1.54, 1.807) is 33.3 Å². The predicted octanol–water partition coefficient (Wildman–Crippen LogP) is 5.69. The highest BCUT2D eigenvalue weighted by Gasteiger charge is 2.25. The van der Waals surface area contributed by atoms with Gasteiger partial charge in [-0.15, -0.1) is 11.3 Å². The van der Waals surface area contributed by atoms with E-state index in [0.717, 1.165) is 21.4 Å². The Kier molecular flexibility index (Phi) is 8.75. The molecule has 3 aromatic carbocycles. The molecule has 1 aromatic heterocycles. The number of rotatable bonds is 9. The summed E-state index contributed by atoms with van der Waals surface area (Å²) in [5, 5.41) is 4.28. The molecule has 1 fully saturated rings. The minimum Gasteiger partial charge on any atom is -0.484 e. The van der Waals surface area contributed by atoms with E-state index in [-0.39, 0.29) is 18.1 Å². The van der Waals surface area contributed by atoms with Gasteiger partial charge in [-0.3, -0.25) is 9.69 Å². The second-order valence-electron chi connectivity index (χ2n) is 9.65. The lowest BCUT2D eigenvalue weighted by Gasteiger charge is -2.34. The average Bonchev–Trinajstić information content (AvgIpc) is 3.51. The molecule has 2 amide bonds. The Hall–Kier alpha value is -3.88. The highest BCUT2D eigenvalue weighted by molar-refractivity contribution is 7.10. The van der Waals surface area contributed by atoms with Gasteiger partial charge in [0.25, 0.3) is 0 Å². The third-order valence-electron chi connectivity index (χ3n) is 6.97. The molecule has 0 radical (unpaired) electrons. The van der Waals surface area contributed by atoms with Crippen molar-refractivity contribution in [2.24, 2.45) is 0 Å². The molecular formula is C31H33N3O4S. The molecular weight excluding hydrogens is 510 g/mol. The summed E-state index contributed by atoms with van der Waals surface area (Å²) in [6, 6.07) is 27.5. The maximum absolute atomic E-state index is 13.0. The number of piperazine rings is 1. The van der Waals surface area contributed by atoms with Crippen LogP contribution in [0.5, 0.6) is 11.5 Å². The van der Waals surface area contributed by atoms with Crippen LogP contribution in [0.25, 0.3) is 10.8 Å². The lowest BCUT2D eigenvalue weighted by molar-refractivity contribution is -0.131. The zero-order valence-corrected chi connectivity index (χ0v) is 22.9. The van der Waals surface area contributed by atoms with E-state index in [2.05, 4.69) is 34.5 Å². The van der Waals surface area contributed by atoms with E-state index >= 15 is 0 Å². The molecule has 7 nitrogen and oxygen atoms in total. The number of carbonyl (C=O) groups excluding carboxylic acids is 2. The Labute approximate surface area is 233 Å². The fourth-order valence-corrected chi connectivity index (χ4v) is 5.46. The van der Waals surface area contributed by atoms with E-state index in [1.807, 2.05) is 55.6 Å². The molecule has 1 aliphatic rings. The van der Waals surface area contributed by atoms with Crippen LogP contribution < -0.4 is 9.47 Å². The summed E-state index contributed by atoms with van der Waals surface area (Å²) >= 11 is 1.67. The third kappa shape index (κ3) is 6.96. The number of carbonyl (C=O) groups is 2. The minimum atomic E-state index is -0.352. The van der Waals surface area contributed by atoms with Crippen molar-refractivity contribution in [1.29, 1.82) is 0 Å². The predicted molar refractivity (Wildman–Crippen MR) is 154 cm³/mol. The first-order valence-corrected chi connectivity index (χ1v) is 14.1. The van der Waals surface area contributed by atoms with Crippen molar-refractivity contribution in [3.8, 4) is 11.5 Å². The Morgan fingerprint density at radius 1 is 0.897 bits per heavy atom. The Morgan fingerprint density at radius 3 is 2.41 bits per heavy atom. The van der Waals surface area contributed by atoms with Gasteiger partial charge in [-0.25, -0.2) is 4.79 Å². The second-order valence-corrected chi connectivity index (χ2v) is 10.6. The lowest BCUT2D eigenvalue weighted by Crippen LogP contribution is -2.52. The molecule has 1 unspecified atom stereocenters. The maximum atomic E-state index is 13.0. The van der Waals surface area contributed by atoms with Crippen LogP contribution in [0.4, 0.5) is 4.79 Å². The summed E-state index contributed by atoms with van der Waals surface area (Å²) in [6.45, 7) is 3.22. The van der Waals surface area contributed by atoms with E-state index in [9.17, 15) is 9.59 Å². The van der Waals surface area contributed by atoms with Crippen molar-refractivity contribution in [3.63, 3.8) is 0 Å². The van der Waals surface area contributed by atoms with Gasteiger partial charge in [0.15, 0.2) is 0 Å². The summed E-state index contributed by atoms with van der Waals surface area (Å²) in [7, 11) is 1.85. The van der Waals surface area contributed by atoms with Gasteiger partial charge >= 0.3 is 6.09 Å². The SMILES string of the molecule is CN(CCC(Oc1cccc2ccccc12)c1cccs1)C(=O)CN1CCN(C(=O)Oc2ccccc2)CC1. The molecule has 202 valence electrons. The van der Waals surface area contributed by atoms with Crippen molar-refractivity contribution in [2.45, 2.75) is 12.5 Å². The number of para-hydroxylation sites is 1. The van der Waals surface area contributed by atoms with Crippen LogP contribution in [0.3, 0.4) is 0 Å². The van der Waals surface area contributed by atoms with Gasteiger partial charge in [-0.2, -0.15) is 0 Å². The molecule has 2 heterocycles. The molecule has 1 atom stereocenters. The fourth-order valence-electron chi connectivity index (χ4n) is 4.68. The van der Waals surface area contributed by atoms with Crippen molar-refractivity contribution < 1.29 is 19.1 Å². The highest BCUT2D eigenvalue weighted by Crippen LogP contribution is 2.33. The van der Waals surface area contributed by atoms with E-state index < -0.39 is 0 Å². The van der Waals surface area contributed by atoms with Crippen molar-refractivity contribution in [1.82, 2.24) is 14.7 Å². The van der Waals surface area contributed by atoms with Gasteiger partial charge in [0, 0.05) is 56.5 Å². The molecule has 8 heteroatoms. The first-order chi connectivity index (χ1) is 19.1. The van der Waals surface area contributed by atoms with Gasteiger partial charge in [0.05, 0.1) is 6.54 Å². The third-order valence-corrected chi connectivity index (χ3v) is 7.93. The number of amides is 2. The first kappa shape index (κ1) is 26.7. The standard InChI is InChI=1S/C31H33N3O4S/c1-32(30(35)23-33-18-20-34(21-19-33)31(36)37-25-11-3-2-4-12-25)17-16-28(29-15-8-22-39-29)38-27-14-7-10-24-9-5-6-13-26(24)27/h2-15,22,28H,16-21,23H2,1H3. The van der Waals surface area contributed by atoms with Gasteiger partial charge in [-0.1, -0.05) is 60.7 Å². The van der Waals surface area contributed by atoms with Crippen LogP contribution in [0.2, 0.25) is 0 Å². The summed E-state index contributed by atoms with van der Waals surface area (Å²) in [6.07, 6.45) is 0.186. The molecule has 39 heavy (non-hydrogen) atoms. The maximum Gasteiger partial charge on any atom is 0.415 e. The van der Waals surface area contributed by atoms with Crippen LogP contribution in [0.1, 0.15) is 17.4 Å². The summed E-state index contributed by atoms with van der Waals surface area (Å²) in [5.41, 5.74) is 0. The number of benzene rings is 3. The van der Waals surface area contributed by atoms with Crippen molar-refractivity contribution in [3.05, 3.63) is 95.2 Å². The molecule has 0 saturated carbocycles. The molecule has 0 N–H and O–H groups in total. The van der Waals surface area contributed by atoms with Crippen molar-refractivity contribution >= 4 is 34.1 Å². The first-order valence-electron chi connectivity index (χ1n) is 13.2. The van der Waals surface area contributed by atoms with Crippen LogP contribution in [0.15, 0.2) is 90.3 Å². The lowest BCUT2D eigenvalue weighted by atomic mass is 10.1. The number of thiophene rings is 1. The number of hydrogen-bond donors (Lipinski definition) is 0. The van der Waals surface area contributed by atoms with Gasteiger partial charge < -0.3 is 19.3 Å².